The molecular formula is C10H19NS. The smallest absolute Gasteiger partial charge is 0.0441 e. The number of thioether (sulfide) groups is 1. The lowest BCUT2D eigenvalue weighted by Crippen LogP contribution is -2.46. The Morgan fingerprint density at radius 3 is 2.58 bits per heavy atom. The average Bonchev–Trinajstić information content (AvgIpc) is 2.03. The molecule has 0 amide bonds. The summed E-state index contributed by atoms with van der Waals surface area (Å²) < 4.78 is 0. The van der Waals surface area contributed by atoms with E-state index in [1.165, 1.54) is 51.1 Å². The molecule has 2 rings (SSSR count). The second-order valence-electron chi connectivity index (χ2n) is 4.43. The highest BCUT2D eigenvalue weighted by Crippen LogP contribution is 2.47. The molecule has 0 aromatic rings. The van der Waals surface area contributed by atoms with Crippen LogP contribution >= 0.6 is 11.8 Å². The van der Waals surface area contributed by atoms with Crippen LogP contribution in [-0.2, 0) is 0 Å². The van der Waals surface area contributed by atoms with Crippen molar-refractivity contribution in [2.45, 2.75) is 32.1 Å². The standard InChI is InChI=1S/C10H19NS/c1-12-9-11-7-3-6-10(8-11)4-2-5-10/h2-9H2,1H3. The van der Waals surface area contributed by atoms with Gasteiger partial charge in [-0.15, -0.1) is 11.8 Å². The number of nitrogens with zero attached hydrogens (tertiary/aromatic N) is 1. The molecule has 1 saturated carbocycles. The third-order valence-corrected chi connectivity index (χ3v) is 4.09. The molecule has 0 unspecified atom stereocenters. The van der Waals surface area contributed by atoms with Crippen LogP contribution < -0.4 is 0 Å². The van der Waals surface area contributed by atoms with Crippen molar-refractivity contribution in [2.24, 2.45) is 5.41 Å². The molecule has 0 aromatic carbocycles. The predicted molar refractivity (Wildman–Crippen MR) is 55.5 cm³/mol. The number of hydrogen-bond acceptors (Lipinski definition) is 2. The summed E-state index contributed by atoms with van der Waals surface area (Å²) in [6, 6.07) is 0. The van der Waals surface area contributed by atoms with Crippen LogP contribution in [0, 0.1) is 5.41 Å². The first-order valence-corrected chi connectivity index (χ1v) is 6.45. The second-order valence-corrected chi connectivity index (χ2v) is 5.26. The SMILES string of the molecule is CSCN1CCCC2(CCC2)C1. The van der Waals surface area contributed by atoms with E-state index in [4.69, 9.17) is 0 Å². The number of rotatable bonds is 2. The normalized spacial score (nSPS) is 28.8. The fourth-order valence-corrected chi connectivity index (χ4v) is 3.27. The van der Waals surface area contributed by atoms with Crippen LogP contribution in [0.25, 0.3) is 0 Å². The first-order valence-electron chi connectivity index (χ1n) is 5.06. The van der Waals surface area contributed by atoms with Crippen LogP contribution in [-0.4, -0.2) is 30.1 Å². The molecule has 0 bridgehead atoms. The van der Waals surface area contributed by atoms with Gasteiger partial charge in [0.1, 0.15) is 0 Å². The van der Waals surface area contributed by atoms with Gasteiger partial charge < -0.3 is 0 Å². The molecule has 0 atom stereocenters. The Balaban J connectivity index is 1.85. The molecule has 0 radical (unpaired) electrons. The monoisotopic (exact) mass is 185 g/mol. The molecule has 1 heterocycles. The van der Waals surface area contributed by atoms with Gasteiger partial charge in [-0.25, -0.2) is 0 Å². The Morgan fingerprint density at radius 1 is 1.25 bits per heavy atom. The molecule has 0 N–H and O–H groups in total. The minimum Gasteiger partial charge on any atom is -0.294 e. The van der Waals surface area contributed by atoms with Gasteiger partial charge in [-0.1, -0.05) is 6.42 Å². The van der Waals surface area contributed by atoms with Gasteiger partial charge in [0.15, 0.2) is 0 Å². The van der Waals surface area contributed by atoms with Crippen molar-refractivity contribution >= 4 is 11.8 Å². The quantitative estimate of drug-likeness (QED) is 0.650. The molecule has 1 spiro atoms. The zero-order valence-electron chi connectivity index (χ0n) is 8.01. The molecule has 0 aromatic heterocycles. The fraction of sp³-hybridized carbons (Fsp3) is 1.00. The summed E-state index contributed by atoms with van der Waals surface area (Å²) in [5, 5.41) is 0. The summed E-state index contributed by atoms with van der Waals surface area (Å²) in [7, 11) is 0. The van der Waals surface area contributed by atoms with Gasteiger partial charge >= 0.3 is 0 Å². The minimum atomic E-state index is 0.786. The first kappa shape index (κ1) is 8.89. The Morgan fingerprint density at radius 2 is 2.00 bits per heavy atom. The zero-order valence-corrected chi connectivity index (χ0v) is 8.83. The van der Waals surface area contributed by atoms with Gasteiger partial charge in [-0.05, 0) is 43.9 Å². The van der Waals surface area contributed by atoms with Crippen molar-refractivity contribution in [3.8, 4) is 0 Å². The lowest BCUT2D eigenvalue weighted by Gasteiger charge is -2.48. The predicted octanol–water partition coefficient (Wildman–Crippen LogP) is 2.57. The lowest BCUT2D eigenvalue weighted by molar-refractivity contribution is 0.0298. The molecule has 1 aliphatic heterocycles. The Labute approximate surface area is 79.9 Å². The topological polar surface area (TPSA) is 3.24 Å². The third kappa shape index (κ3) is 1.64. The van der Waals surface area contributed by atoms with Crippen LogP contribution in [0.15, 0.2) is 0 Å². The number of hydrogen-bond donors (Lipinski definition) is 0. The summed E-state index contributed by atoms with van der Waals surface area (Å²) in [6.07, 6.45) is 9.68. The summed E-state index contributed by atoms with van der Waals surface area (Å²) >= 11 is 1.97. The van der Waals surface area contributed by atoms with Crippen LogP contribution in [0.3, 0.4) is 0 Å². The van der Waals surface area contributed by atoms with E-state index in [0.717, 1.165) is 5.41 Å². The van der Waals surface area contributed by atoms with E-state index < -0.39 is 0 Å². The summed E-state index contributed by atoms with van der Waals surface area (Å²) in [4.78, 5) is 2.65. The maximum Gasteiger partial charge on any atom is 0.0441 e. The molecular weight excluding hydrogens is 166 g/mol. The Kier molecular flexibility index (Phi) is 2.66. The van der Waals surface area contributed by atoms with Gasteiger partial charge in [-0.2, -0.15) is 0 Å². The molecule has 2 aliphatic rings. The molecule has 2 heteroatoms. The van der Waals surface area contributed by atoms with Crippen molar-refractivity contribution < 1.29 is 0 Å². The van der Waals surface area contributed by atoms with E-state index in [1.54, 1.807) is 0 Å². The summed E-state index contributed by atoms with van der Waals surface area (Å²) in [5.74, 6) is 1.25. The highest BCUT2D eigenvalue weighted by Gasteiger charge is 2.39. The van der Waals surface area contributed by atoms with Crippen molar-refractivity contribution in [3.05, 3.63) is 0 Å². The number of piperidine rings is 1. The zero-order chi connectivity index (χ0) is 8.44. The molecule has 2 fully saturated rings. The van der Waals surface area contributed by atoms with Crippen LogP contribution in [0.2, 0.25) is 0 Å². The van der Waals surface area contributed by atoms with Crippen LogP contribution in [0.4, 0.5) is 0 Å². The Hall–Kier alpha value is 0.310. The van der Waals surface area contributed by atoms with E-state index in [1.807, 2.05) is 11.8 Å². The molecule has 12 heavy (non-hydrogen) atoms. The van der Waals surface area contributed by atoms with Gasteiger partial charge in [0.2, 0.25) is 0 Å². The van der Waals surface area contributed by atoms with E-state index in [-0.39, 0.29) is 0 Å². The third-order valence-electron chi connectivity index (χ3n) is 3.47. The van der Waals surface area contributed by atoms with E-state index in [0.29, 0.717) is 0 Å². The first-order chi connectivity index (χ1) is 5.85. The largest absolute Gasteiger partial charge is 0.294 e. The highest BCUT2D eigenvalue weighted by atomic mass is 32.2. The number of likely N-dealkylation sites (tertiary alicyclic amines) is 1. The second kappa shape index (κ2) is 3.59. The summed E-state index contributed by atoms with van der Waals surface area (Å²) in [6.45, 7) is 2.75. The lowest BCUT2D eigenvalue weighted by atomic mass is 9.64. The Bertz CT molecular complexity index is 152. The summed E-state index contributed by atoms with van der Waals surface area (Å²) in [5.41, 5.74) is 0.786. The van der Waals surface area contributed by atoms with Gasteiger partial charge in [0.25, 0.3) is 0 Å². The van der Waals surface area contributed by atoms with Crippen molar-refractivity contribution in [1.82, 2.24) is 4.90 Å². The highest BCUT2D eigenvalue weighted by molar-refractivity contribution is 7.98. The molecule has 1 aliphatic carbocycles. The van der Waals surface area contributed by atoms with E-state index in [9.17, 15) is 0 Å². The van der Waals surface area contributed by atoms with Gasteiger partial charge in [0.05, 0.1) is 0 Å². The van der Waals surface area contributed by atoms with Crippen molar-refractivity contribution in [1.29, 1.82) is 0 Å². The maximum absolute atomic E-state index is 2.65. The van der Waals surface area contributed by atoms with Gasteiger partial charge in [0, 0.05) is 12.4 Å². The van der Waals surface area contributed by atoms with Gasteiger partial charge in [-0.3, -0.25) is 4.90 Å². The maximum atomic E-state index is 2.65. The molecule has 70 valence electrons. The molecule has 1 nitrogen and oxygen atoms in total. The van der Waals surface area contributed by atoms with E-state index in [2.05, 4.69) is 11.2 Å². The molecule has 1 saturated heterocycles. The minimum absolute atomic E-state index is 0.786. The average molecular weight is 185 g/mol. The van der Waals surface area contributed by atoms with Crippen LogP contribution in [0.5, 0.6) is 0 Å². The van der Waals surface area contributed by atoms with E-state index >= 15 is 0 Å². The van der Waals surface area contributed by atoms with Crippen molar-refractivity contribution in [3.63, 3.8) is 0 Å². The fourth-order valence-electron chi connectivity index (χ4n) is 2.69. The van der Waals surface area contributed by atoms with Crippen molar-refractivity contribution in [2.75, 3.05) is 25.2 Å². The van der Waals surface area contributed by atoms with Crippen LogP contribution in [0.1, 0.15) is 32.1 Å².